The zero-order valence-corrected chi connectivity index (χ0v) is 14.0. The lowest BCUT2D eigenvalue weighted by Gasteiger charge is -2.35. The van der Waals surface area contributed by atoms with Crippen LogP contribution in [0.1, 0.15) is 48.7 Å². The van der Waals surface area contributed by atoms with E-state index in [2.05, 4.69) is 6.92 Å². The molecule has 1 amide bonds. The van der Waals surface area contributed by atoms with E-state index in [1.54, 1.807) is 23.1 Å². The maximum Gasteiger partial charge on any atom is 0.272 e. The van der Waals surface area contributed by atoms with Gasteiger partial charge in [-0.2, -0.15) is 0 Å². The molecule has 0 fully saturated rings. The molecule has 1 aliphatic rings. The molecule has 3 rings (SSSR count). The summed E-state index contributed by atoms with van der Waals surface area (Å²) in [5, 5.41) is 0. The minimum atomic E-state index is -0.640. The molecule has 0 aromatic heterocycles. The van der Waals surface area contributed by atoms with Gasteiger partial charge in [0.1, 0.15) is 5.75 Å². The number of nitrogens with zero attached hydrogens (tertiary/aromatic N) is 1. The highest BCUT2D eigenvalue weighted by Crippen LogP contribution is 2.39. The summed E-state index contributed by atoms with van der Waals surface area (Å²) in [6, 6.07) is 14.8. The van der Waals surface area contributed by atoms with Crippen LogP contribution in [0.5, 0.6) is 5.75 Å². The molecule has 124 valence electrons. The standard InChI is InChI=1S/C20H21NO3/c1-3-4-12-21-17-13-16(14(2)22)10-11-18(17)24-19(20(21)23)15-8-6-5-7-9-15/h5-11,13,19H,3-4,12H2,1-2H3. The largest absolute Gasteiger partial charge is 0.474 e. The summed E-state index contributed by atoms with van der Waals surface area (Å²) in [6.45, 7) is 4.24. The van der Waals surface area contributed by atoms with Crippen LogP contribution in [0.25, 0.3) is 0 Å². The van der Waals surface area contributed by atoms with E-state index in [4.69, 9.17) is 4.74 Å². The van der Waals surface area contributed by atoms with Crippen molar-refractivity contribution in [2.45, 2.75) is 32.8 Å². The zero-order chi connectivity index (χ0) is 17.1. The lowest BCUT2D eigenvalue weighted by molar-refractivity contribution is -0.126. The van der Waals surface area contributed by atoms with E-state index in [1.165, 1.54) is 6.92 Å². The van der Waals surface area contributed by atoms with Crippen molar-refractivity contribution >= 4 is 17.4 Å². The first-order chi connectivity index (χ1) is 11.6. The Bertz CT molecular complexity index is 755. The van der Waals surface area contributed by atoms with Crippen molar-refractivity contribution in [3.8, 4) is 5.75 Å². The average Bonchev–Trinajstić information content (AvgIpc) is 2.60. The van der Waals surface area contributed by atoms with Crippen molar-refractivity contribution < 1.29 is 14.3 Å². The molecule has 2 aromatic rings. The quantitative estimate of drug-likeness (QED) is 0.776. The number of ketones is 1. The third kappa shape index (κ3) is 3.04. The van der Waals surface area contributed by atoms with Crippen LogP contribution in [0.3, 0.4) is 0 Å². The Balaban J connectivity index is 2.03. The fourth-order valence-electron chi connectivity index (χ4n) is 2.87. The van der Waals surface area contributed by atoms with E-state index in [0.717, 1.165) is 18.4 Å². The summed E-state index contributed by atoms with van der Waals surface area (Å²) < 4.78 is 5.97. The van der Waals surface area contributed by atoms with Crippen LogP contribution in [0, 0.1) is 0 Å². The second-order valence-corrected chi connectivity index (χ2v) is 5.99. The molecule has 4 nitrogen and oxygen atoms in total. The van der Waals surface area contributed by atoms with Crippen LogP contribution in [-0.2, 0) is 4.79 Å². The number of fused-ring (bicyclic) bond motifs is 1. The summed E-state index contributed by atoms with van der Waals surface area (Å²) in [4.78, 5) is 26.4. The minimum absolute atomic E-state index is 0.0223. The first-order valence-corrected chi connectivity index (χ1v) is 8.29. The van der Waals surface area contributed by atoms with E-state index < -0.39 is 6.10 Å². The van der Waals surface area contributed by atoms with Crippen molar-refractivity contribution in [1.82, 2.24) is 0 Å². The van der Waals surface area contributed by atoms with Gasteiger partial charge < -0.3 is 9.64 Å². The number of ether oxygens (including phenoxy) is 1. The number of rotatable bonds is 5. The Kier molecular flexibility index (Phi) is 4.65. The number of benzene rings is 2. The first kappa shape index (κ1) is 16.2. The van der Waals surface area contributed by atoms with Gasteiger partial charge in [-0.1, -0.05) is 43.7 Å². The maximum absolute atomic E-state index is 13.0. The summed E-state index contributed by atoms with van der Waals surface area (Å²) in [6.07, 6.45) is 1.25. The normalized spacial score (nSPS) is 16.5. The van der Waals surface area contributed by atoms with Gasteiger partial charge in [-0.05, 0) is 31.5 Å². The fourth-order valence-corrected chi connectivity index (χ4v) is 2.87. The Morgan fingerprint density at radius 1 is 1.17 bits per heavy atom. The molecule has 0 spiro atoms. The number of amides is 1. The third-order valence-electron chi connectivity index (χ3n) is 4.23. The summed E-state index contributed by atoms with van der Waals surface area (Å²) >= 11 is 0. The number of anilines is 1. The molecule has 0 aliphatic carbocycles. The number of carbonyl (C=O) groups excluding carboxylic acids is 2. The lowest BCUT2D eigenvalue weighted by Crippen LogP contribution is -2.41. The van der Waals surface area contributed by atoms with Gasteiger partial charge in [-0.25, -0.2) is 0 Å². The van der Waals surface area contributed by atoms with E-state index >= 15 is 0 Å². The van der Waals surface area contributed by atoms with Crippen LogP contribution in [0.4, 0.5) is 5.69 Å². The zero-order valence-electron chi connectivity index (χ0n) is 14.0. The predicted molar refractivity (Wildman–Crippen MR) is 93.5 cm³/mol. The third-order valence-corrected chi connectivity index (χ3v) is 4.23. The highest BCUT2D eigenvalue weighted by Gasteiger charge is 2.35. The highest BCUT2D eigenvalue weighted by molar-refractivity contribution is 6.03. The first-order valence-electron chi connectivity index (χ1n) is 8.29. The monoisotopic (exact) mass is 323 g/mol. The molecular weight excluding hydrogens is 302 g/mol. The van der Waals surface area contributed by atoms with Crippen LogP contribution < -0.4 is 9.64 Å². The minimum Gasteiger partial charge on any atom is -0.474 e. The van der Waals surface area contributed by atoms with E-state index in [-0.39, 0.29) is 11.7 Å². The highest BCUT2D eigenvalue weighted by atomic mass is 16.5. The van der Waals surface area contributed by atoms with Crippen molar-refractivity contribution in [2.75, 3.05) is 11.4 Å². The van der Waals surface area contributed by atoms with Gasteiger partial charge in [0.2, 0.25) is 6.10 Å². The number of Topliss-reactive ketones (excluding diaryl/α,β-unsaturated/α-hetero) is 1. The van der Waals surface area contributed by atoms with E-state index in [9.17, 15) is 9.59 Å². The number of unbranched alkanes of at least 4 members (excludes halogenated alkanes) is 1. The van der Waals surface area contributed by atoms with E-state index in [1.807, 2.05) is 30.3 Å². The molecule has 2 aromatic carbocycles. The van der Waals surface area contributed by atoms with Gasteiger partial charge in [0, 0.05) is 17.7 Å². The van der Waals surface area contributed by atoms with E-state index in [0.29, 0.717) is 23.5 Å². The molecule has 1 unspecified atom stereocenters. The Morgan fingerprint density at radius 3 is 2.58 bits per heavy atom. The molecule has 4 heteroatoms. The molecule has 0 saturated heterocycles. The molecular formula is C20H21NO3. The molecule has 0 N–H and O–H groups in total. The van der Waals surface area contributed by atoms with Crippen LogP contribution in [0.15, 0.2) is 48.5 Å². The number of carbonyl (C=O) groups is 2. The van der Waals surface area contributed by atoms with Crippen LogP contribution >= 0.6 is 0 Å². The second kappa shape index (κ2) is 6.87. The molecule has 1 atom stereocenters. The van der Waals surface area contributed by atoms with Crippen LogP contribution in [0.2, 0.25) is 0 Å². The van der Waals surface area contributed by atoms with Gasteiger partial charge in [-0.15, -0.1) is 0 Å². The summed E-state index contributed by atoms with van der Waals surface area (Å²) in [7, 11) is 0. The molecule has 0 radical (unpaired) electrons. The van der Waals surface area contributed by atoms with Gasteiger partial charge in [0.25, 0.3) is 5.91 Å². The fraction of sp³-hybridized carbons (Fsp3) is 0.300. The summed E-state index contributed by atoms with van der Waals surface area (Å²) in [5.41, 5.74) is 2.11. The molecule has 0 bridgehead atoms. The molecule has 0 saturated carbocycles. The number of hydrogen-bond donors (Lipinski definition) is 0. The second-order valence-electron chi connectivity index (χ2n) is 5.99. The van der Waals surface area contributed by atoms with Crippen molar-refractivity contribution in [3.05, 3.63) is 59.7 Å². The maximum atomic E-state index is 13.0. The Hall–Kier alpha value is -2.62. The van der Waals surface area contributed by atoms with Crippen LogP contribution in [-0.4, -0.2) is 18.2 Å². The topological polar surface area (TPSA) is 46.6 Å². The smallest absolute Gasteiger partial charge is 0.272 e. The SMILES string of the molecule is CCCCN1C(=O)C(c2ccccc2)Oc2ccc(C(C)=O)cc21. The molecule has 24 heavy (non-hydrogen) atoms. The molecule has 1 aliphatic heterocycles. The Morgan fingerprint density at radius 2 is 1.92 bits per heavy atom. The van der Waals surface area contributed by atoms with Gasteiger partial charge in [0.15, 0.2) is 5.78 Å². The van der Waals surface area contributed by atoms with Gasteiger partial charge in [0.05, 0.1) is 5.69 Å². The predicted octanol–water partition coefficient (Wildman–Crippen LogP) is 4.16. The van der Waals surface area contributed by atoms with Gasteiger partial charge >= 0.3 is 0 Å². The van der Waals surface area contributed by atoms with Gasteiger partial charge in [-0.3, -0.25) is 9.59 Å². The molecule has 1 heterocycles. The lowest BCUT2D eigenvalue weighted by atomic mass is 10.0. The Labute approximate surface area is 142 Å². The average molecular weight is 323 g/mol. The summed E-state index contributed by atoms with van der Waals surface area (Å²) in [5.74, 6) is 0.540. The van der Waals surface area contributed by atoms with Crippen molar-refractivity contribution in [1.29, 1.82) is 0 Å². The number of hydrogen-bond acceptors (Lipinski definition) is 3. The van der Waals surface area contributed by atoms with Crippen molar-refractivity contribution in [2.24, 2.45) is 0 Å². The van der Waals surface area contributed by atoms with Crippen molar-refractivity contribution in [3.63, 3.8) is 0 Å².